The van der Waals surface area contributed by atoms with E-state index in [0.717, 1.165) is 5.56 Å². The van der Waals surface area contributed by atoms with Gasteiger partial charge in [-0.25, -0.2) is 4.79 Å². The maximum Gasteiger partial charge on any atom is 0.315 e. The number of carbonyl (C=O) groups is 2. The summed E-state index contributed by atoms with van der Waals surface area (Å²) < 4.78 is 0. The summed E-state index contributed by atoms with van der Waals surface area (Å²) in [5.74, 6) is -0.0377. The molecule has 1 heterocycles. The first-order valence-electron chi connectivity index (χ1n) is 7.35. The molecule has 1 atom stereocenters. The predicted octanol–water partition coefficient (Wildman–Crippen LogP) is 2.15. The summed E-state index contributed by atoms with van der Waals surface area (Å²) in [5.41, 5.74) is 0.801. The van der Waals surface area contributed by atoms with Gasteiger partial charge >= 0.3 is 6.03 Å². The van der Waals surface area contributed by atoms with Crippen molar-refractivity contribution in [3.63, 3.8) is 0 Å². The van der Waals surface area contributed by atoms with Crippen LogP contribution in [0, 0.1) is 0 Å². The van der Waals surface area contributed by atoms with Crippen LogP contribution in [-0.2, 0) is 10.2 Å². The Morgan fingerprint density at radius 1 is 1.45 bits per heavy atom. The van der Waals surface area contributed by atoms with E-state index >= 15 is 0 Å². The Bertz CT molecular complexity index is 574. The quantitative estimate of drug-likeness (QED) is 0.892. The average molecular weight is 324 g/mol. The number of rotatable bonds is 4. The molecule has 0 radical (unpaired) electrons. The van der Waals surface area contributed by atoms with Gasteiger partial charge in [-0.15, -0.1) is 0 Å². The van der Waals surface area contributed by atoms with E-state index in [-0.39, 0.29) is 17.4 Å². The van der Waals surface area contributed by atoms with Crippen molar-refractivity contribution in [2.75, 3.05) is 20.1 Å². The maximum absolute atomic E-state index is 12.0. The lowest BCUT2D eigenvalue weighted by molar-refractivity contribution is -0.128. The minimum absolute atomic E-state index is 0.0377. The highest BCUT2D eigenvalue weighted by atomic mass is 35.5. The molecule has 0 saturated carbocycles. The minimum Gasteiger partial charge on any atom is -0.344 e. The fourth-order valence-corrected chi connectivity index (χ4v) is 2.67. The van der Waals surface area contributed by atoms with E-state index in [1.807, 2.05) is 38.1 Å². The van der Waals surface area contributed by atoms with Crippen LogP contribution in [0.2, 0.25) is 5.02 Å². The number of likely N-dealkylation sites (tertiary alicyclic amines) is 1. The highest BCUT2D eigenvalue weighted by Gasteiger charge is 2.30. The van der Waals surface area contributed by atoms with Gasteiger partial charge in [-0.1, -0.05) is 37.6 Å². The molecule has 2 rings (SSSR count). The normalized spacial score (nSPS) is 18.5. The number of nitrogens with zero attached hydrogens (tertiary/aromatic N) is 1. The van der Waals surface area contributed by atoms with E-state index in [2.05, 4.69) is 10.6 Å². The molecule has 0 aromatic heterocycles. The van der Waals surface area contributed by atoms with Gasteiger partial charge in [-0.3, -0.25) is 4.79 Å². The number of nitrogens with one attached hydrogen (secondary N) is 2. The first-order valence-corrected chi connectivity index (χ1v) is 7.73. The number of urea groups is 1. The SMILES string of the molecule is CN1CC[C@@H](NC(=O)NCC(C)(C)c2cccc(Cl)c2)C1=O. The van der Waals surface area contributed by atoms with Crippen LogP contribution in [0.15, 0.2) is 24.3 Å². The van der Waals surface area contributed by atoms with Crippen LogP contribution in [0.3, 0.4) is 0 Å². The Labute approximate surface area is 136 Å². The Hall–Kier alpha value is -1.75. The molecule has 0 aliphatic carbocycles. The molecule has 3 amide bonds. The molecule has 1 saturated heterocycles. The Morgan fingerprint density at radius 2 is 2.18 bits per heavy atom. The summed E-state index contributed by atoms with van der Waals surface area (Å²) in [4.78, 5) is 25.4. The van der Waals surface area contributed by atoms with Crippen molar-refractivity contribution >= 4 is 23.5 Å². The van der Waals surface area contributed by atoms with Crippen LogP contribution in [-0.4, -0.2) is 43.0 Å². The molecular formula is C16H22ClN3O2. The molecule has 1 fully saturated rings. The lowest BCUT2D eigenvalue weighted by Gasteiger charge is -2.26. The van der Waals surface area contributed by atoms with Gasteiger partial charge in [0.15, 0.2) is 0 Å². The van der Waals surface area contributed by atoms with Crippen molar-refractivity contribution in [2.24, 2.45) is 0 Å². The minimum atomic E-state index is -0.417. The topological polar surface area (TPSA) is 61.4 Å². The molecule has 120 valence electrons. The van der Waals surface area contributed by atoms with Gasteiger partial charge in [0.25, 0.3) is 0 Å². The lowest BCUT2D eigenvalue weighted by Crippen LogP contribution is -2.48. The highest BCUT2D eigenvalue weighted by Crippen LogP contribution is 2.24. The lowest BCUT2D eigenvalue weighted by atomic mass is 9.85. The number of carbonyl (C=O) groups excluding carboxylic acids is 2. The molecule has 6 heteroatoms. The smallest absolute Gasteiger partial charge is 0.315 e. The number of hydrogen-bond acceptors (Lipinski definition) is 2. The second kappa shape index (κ2) is 6.57. The fraction of sp³-hybridized carbons (Fsp3) is 0.500. The van der Waals surface area contributed by atoms with E-state index in [0.29, 0.717) is 24.5 Å². The van der Waals surface area contributed by atoms with Crippen molar-refractivity contribution in [3.8, 4) is 0 Å². The zero-order valence-corrected chi connectivity index (χ0v) is 13.9. The first-order chi connectivity index (χ1) is 10.3. The zero-order valence-electron chi connectivity index (χ0n) is 13.1. The third-order valence-corrected chi connectivity index (χ3v) is 4.26. The standard InChI is InChI=1S/C16H22ClN3O2/c1-16(2,11-5-4-6-12(17)9-11)10-18-15(22)19-13-7-8-20(3)14(13)21/h4-6,9,13H,7-8,10H2,1-3H3,(H2,18,19,22)/t13-/m1/s1. The van der Waals surface area contributed by atoms with Gasteiger partial charge in [0.2, 0.25) is 5.91 Å². The van der Waals surface area contributed by atoms with Crippen LogP contribution >= 0.6 is 11.6 Å². The molecule has 2 N–H and O–H groups in total. The molecule has 1 aromatic carbocycles. The third kappa shape index (κ3) is 3.91. The van der Waals surface area contributed by atoms with Crippen LogP contribution in [0.1, 0.15) is 25.8 Å². The number of likely N-dealkylation sites (N-methyl/N-ethyl adjacent to an activating group) is 1. The number of benzene rings is 1. The van der Waals surface area contributed by atoms with Crippen molar-refractivity contribution in [2.45, 2.75) is 31.7 Å². The summed E-state index contributed by atoms with van der Waals surface area (Å²) in [6, 6.07) is 6.87. The van der Waals surface area contributed by atoms with Gasteiger partial charge in [-0.05, 0) is 24.1 Å². The largest absolute Gasteiger partial charge is 0.344 e. The number of amides is 3. The summed E-state index contributed by atoms with van der Waals surface area (Å²) >= 11 is 6.01. The second-order valence-corrected chi connectivity index (χ2v) is 6.76. The van der Waals surface area contributed by atoms with E-state index in [1.54, 1.807) is 11.9 Å². The first kappa shape index (κ1) is 16.6. The predicted molar refractivity (Wildman–Crippen MR) is 87.1 cm³/mol. The molecule has 1 aromatic rings. The van der Waals surface area contributed by atoms with Gasteiger partial charge in [-0.2, -0.15) is 0 Å². The van der Waals surface area contributed by atoms with Crippen molar-refractivity contribution in [1.29, 1.82) is 0 Å². The van der Waals surface area contributed by atoms with Crippen molar-refractivity contribution < 1.29 is 9.59 Å². The van der Waals surface area contributed by atoms with E-state index < -0.39 is 6.04 Å². The Balaban J connectivity index is 1.89. The van der Waals surface area contributed by atoms with Crippen LogP contribution < -0.4 is 10.6 Å². The monoisotopic (exact) mass is 323 g/mol. The van der Waals surface area contributed by atoms with E-state index in [9.17, 15) is 9.59 Å². The van der Waals surface area contributed by atoms with Crippen LogP contribution in [0.4, 0.5) is 4.79 Å². The van der Waals surface area contributed by atoms with Crippen LogP contribution in [0.5, 0.6) is 0 Å². The number of hydrogen-bond donors (Lipinski definition) is 2. The summed E-state index contributed by atoms with van der Waals surface area (Å²) in [7, 11) is 1.74. The summed E-state index contributed by atoms with van der Waals surface area (Å²) in [6.07, 6.45) is 0.653. The molecular weight excluding hydrogens is 302 g/mol. The van der Waals surface area contributed by atoms with Crippen LogP contribution in [0.25, 0.3) is 0 Å². The van der Waals surface area contributed by atoms with E-state index in [1.165, 1.54) is 0 Å². The van der Waals surface area contributed by atoms with E-state index in [4.69, 9.17) is 11.6 Å². The average Bonchev–Trinajstić information content (AvgIpc) is 2.77. The van der Waals surface area contributed by atoms with Gasteiger partial charge in [0, 0.05) is 30.6 Å². The molecule has 0 unspecified atom stereocenters. The summed E-state index contributed by atoms with van der Waals surface area (Å²) in [5, 5.41) is 6.24. The van der Waals surface area contributed by atoms with Crippen molar-refractivity contribution in [1.82, 2.24) is 15.5 Å². The zero-order chi connectivity index (χ0) is 16.3. The second-order valence-electron chi connectivity index (χ2n) is 6.32. The molecule has 22 heavy (non-hydrogen) atoms. The van der Waals surface area contributed by atoms with Gasteiger partial charge < -0.3 is 15.5 Å². The van der Waals surface area contributed by atoms with Crippen molar-refractivity contribution in [3.05, 3.63) is 34.9 Å². The Kier molecular flexibility index (Phi) is 4.96. The summed E-state index contributed by atoms with van der Waals surface area (Å²) in [6.45, 7) is 5.20. The molecule has 0 spiro atoms. The molecule has 1 aliphatic heterocycles. The fourth-order valence-electron chi connectivity index (χ4n) is 2.48. The maximum atomic E-state index is 12.0. The highest BCUT2D eigenvalue weighted by molar-refractivity contribution is 6.30. The molecule has 1 aliphatic rings. The third-order valence-electron chi connectivity index (χ3n) is 4.03. The Morgan fingerprint density at radius 3 is 2.77 bits per heavy atom. The van der Waals surface area contributed by atoms with Gasteiger partial charge in [0.1, 0.15) is 6.04 Å². The number of halogens is 1. The molecule has 0 bridgehead atoms. The van der Waals surface area contributed by atoms with Gasteiger partial charge in [0.05, 0.1) is 0 Å². The molecule has 5 nitrogen and oxygen atoms in total.